The van der Waals surface area contributed by atoms with Crippen LogP contribution in [0.5, 0.6) is 0 Å². The molecule has 1 saturated heterocycles. The largest absolute Gasteiger partial charge is 0.363 e. The van der Waals surface area contributed by atoms with E-state index in [9.17, 15) is 4.39 Å². The summed E-state index contributed by atoms with van der Waals surface area (Å²) in [5.41, 5.74) is 3.58. The van der Waals surface area contributed by atoms with Gasteiger partial charge in [-0.1, -0.05) is 12.1 Å². The van der Waals surface area contributed by atoms with Gasteiger partial charge in [0.1, 0.15) is 11.6 Å². The highest BCUT2D eigenvalue weighted by atomic mass is 35.5. The van der Waals surface area contributed by atoms with Crippen molar-refractivity contribution in [2.75, 3.05) is 18.4 Å². The molecule has 31 heavy (non-hydrogen) atoms. The Hall–Kier alpha value is -2.97. The second-order valence-corrected chi connectivity index (χ2v) is 7.75. The lowest BCUT2D eigenvalue weighted by Crippen LogP contribution is -2.29. The summed E-state index contributed by atoms with van der Waals surface area (Å²) in [6.45, 7) is 4.04. The molecule has 3 aromatic heterocycles. The van der Waals surface area contributed by atoms with Crippen molar-refractivity contribution in [3.05, 3.63) is 66.5 Å². The van der Waals surface area contributed by atoms with Gasteiger partial charge in [-0.2, -0.15) is 10.2 Å². The van der Waals surface area contributed by atoms with Crippen molar-refractivity contribution in [1.29, 1.82) is 0 Å². The molecule has 0 radical (unpaired) electrons. The Kier molecular flexibility index (Phi) is 6.20. The predicted octanol–water partition coefficient (Wildman–Crippen LogP) is 4.25. The Morgan fingerprint density at radius 2 is 2.00 bits per heavy atom. The maximum absolute atomic E-state index is 13.5. The van der Waals surface area contributed by atoms with Crippen molar-refractivity contribution in [1.82, 2.24) is 29.7 Å². The predicted molar refractivity (Wildman–Crippen MR) is 121 cm³/mol. The number of hydrogen-bond donors (Lipinski definition) is 2. The lowest BCUT2D eigenvalue weighted by molar-refractivity contribution is 0.343. The molecule has 1 aromatic carbocycles. The lowest BCUT2D eigenvalue weighted by atomic mass is 10.1. The molecule has 1 fully saturated rings. The normalized spacial score (nSPS) is 15.5. The molecule has 1 aliphatic heterocycles. The number of piperidine rings is 1. The summed E-state index contributed by atoms with van der Waals surface area (Å²) >= 11 is 0. The van der Waals surface area contributed by atoms with Crippen LogP contribution in [0.25, 0.3) is 16.8 Å². The molecule has 0 unspecified atom stereocenters. The second kappa shape index (κ2) is 9.03. The number of aromatic nitrogens is 5. The summed E-state index contributed by atoms with van der Waals surface area (Å²) in [6.07, 6.45) is 9.84. The summed E-state index contributed by atoms with van der Waals surface area (Å²) in [4.78, 5) is 4.77. The number of rotatable bonds is 5. The minimum absolute atomic E-state index is 0. The standard InChI is InChI=1S/C22H24FN7.ClH/c1-15(16-3-2-4-18(23)11-16)27-21-7-10-29-22(28-21)20(13-26-29)17-12-25-30(14-17)19-5-8-24-9-6-19;/h2-4,7,10-15,19,24H,5-6,8-9H2,1H3,(H,27,28);1H/t15-;/m1./s1. The highest BCUT2D eigenvalue weighted by Gasteiger charge is 2.18. The van der Waals surface area contributed by atoms with Gasteiger partial charge < -0.3 is 10.6 Å². The molecule has 1 atom stereocenters. The maximum Gasteiger partial charge on any atom is 0.165 e. The van der Waals surface area contributed by atoms with Crippen LogP contribution in [0.1, 0.15) is 37.4 Å². The van der Waals surface area contributed by atoms with Crippen molar-refractivity contribution in [2.24, 2.45) is 0 Å². The van der Waals surface area contributed by atoms with Crippen LogP contribution in [0, 0.1) is 5.82 Å². The molecule has 9 heteroatoms. The maximum atomic E-state index is 13.5. The summed E-state index contributed by atoms with van der Waals surface area (Å²) in [5.74, 6) is 0.472. The first-order valence-corrected chi connectivity index (χ1v) is 10.3. The van der Waals surface area contributed by atoms with Crippen LogP contribution in [-0.2, 0) is 0 Å². The highest BCUT2D eigenvalue weighted by Crippen LogP contribution is 2.27. The molecular formula is C22H25ClFN7. The first-order chi connectivity index (χ1) is 14.7. The van der Waals surface area contributed by atoms with E-state index in [1.807, 2.05) is 37.6 Å². The second-order valence-electron chi connectivity index (χ2n) is 7.75. The number of benzene rings is 1. The molecule has 0 spiro atoms. The third kappa shape index (κ3) is 4.40. The van der Waals surface area contributed by atoms with Crippen molar-refractivity contribution in [3.63, 3.8) is 0 Å². The summed E-state index contributed by atoms with van der Waals surface area (Å²) in [7, 11) is 0. The van der Waals surface area contributed by atoms with E-state index in [0.717, 1.165) is 48.3 Å². The Balaban J connectivity index is 0.00000231. The van der Waals surface area contributed by atoms with E-state index >= 15 is 0 Å². The van der Waals surface area contributed by atoms with E-state index in [2.05, 4.69) is 31.7 Å². The minimum Gasteiger partial charge on any atom is -0.363 e. The zero-order chi connectivity index (χ0) is 20.5. The fourth-order valence-corrected chi connectivity index (χ4v) is 3.98. The molecule has 7 nitrogen and oxygen atoms in total. The molecule has 4 heterocycles. The topological polar surface area (TPSA) is 72.1 Å². The molecule has 0 aliphatic carbocycles. The molecule has 1 aliphatic rings. The van der Waals surface area contributed by atoms with Gasteiger partial charge >= 0.3 is 0 Å². The van der Waals surface area contributed by atoms with Crippen LogP contribution in [0.2, 0.25) is 0 Å². The smallest absolute Gasteiger partial charge is 0.165 e. The fraction of sp³-hybridized carbons (Fsp3) is 0.318. The van der Waals surface area contributed by atoms with E-state index in [1.165, 1.54) is 12.1 Å². The van der Waals surface area contributed by atoms with E-state index in [0.29, 0.717) is 11.9 Å². The Bertz CT molecular complexity index is 1170. The van der Waals surface area contributed by atoms with E-state index in [4.69, 9.17) is 4.98 Å². The van der Waals surface area contributed by atoms with Crippen LogP contribution < -0.4 is 10.6 Å². The highest BCUT2D eigenvalue weighted by molar-refractivity contribution is 5.85. The molecule has 0 saturated carbocycles. The summed E-state index contributed by atoms with van der Waals surface area (Å²) in [5, 5.41) is 15.8. The first kappa shape index (κ1) is 21.3. The Labute approximate surface area is 186 Å². The summed E-state index contributed by atoms with van der Waals surface area (Å²) in [6, 6.07) is 8.83. The van der Waals surface area contributed by atoms with Crippen LogP contribution in [0.3, 0.4) is 0 Å². The number of hydrogen-bond acceptors (Lipinski definition) is 5. The molecule has 5 rings (SSSR count). The monoisotopic (exact) mass is 441 g/mol. The third-order valence-corrected chi connectivity index (χ3v) is 5.68. The number of halogens is 2. The van der Waals surface area contributed by atoms with Crippen molar-refractivity contribution >= 4 is 23.9 Å². The lowest BCUT2D eigenvalue weighted by Gasteiger charge is -2.22. The zero-order valence-corrected chi connectivity index (χ0v) is 18.0. The number of anilines is 1. The van der Waals surface area contributed by atoms with Crippen LogP contribution in [-0.4, -0.2) is 37.5 Å². The van der Waals surface area contributed by atoms with Crippen molar-refractivity contribution < 1.29 is 4.39 Å². The summed E-state index contributed by atoms with van der Waals surface area (Å²) < 4.78 is 17.4. The van der Waals surface area contributed by atoms with Crippen LogP contribution in [0.4, 0.5) is 10.2 Å². The van der Waals surface area contributed by atoms with Gasteiger partial charge in [0, 0.05) is 23.5 Å². The molecular weight excluding hydrogens is 417 g/mol. The van der Waals surface area contributed by atoms with Gasteiger partial charge in [-0.05, 0) is 56.6 Å². The molecule has 2 N–H and O–H groups in total. The van der Waals surface area contributed by atoms with E-state index < -0.39 is 0 Å². The number of nitrogens with zero attached hydrogens (tertiary/aromatic N) is 5. The van der Waals surface area contributed by atoms with Gasteiger partial charge in [-0.15, -0.1) is 12.4 Å². The van der Waals surface area contributed by atoms with Gasteiger partial charge in [-0.3, -0.25) is 4.68 Å². The molecule has 0 bridgehead atoms. The third-order valence-electron chi connectivity index (χ3n) is 5.68. The quantitative estimate of drug-likeness (QED) is 0.484. The average Bonchev–Trinajstić information content (AvgIpc) is 3.41. The van der Waals surface area contributed by atoms with Crippen LogP contribution in [0.15, 0.2) is 55.1 Å². The molecule has 4 aromatic rings. The van der Waals surface area contributed by atoms with Crippen LogP contribution >= 0.6 is 12.4 Å². The Morgan fingerprint density at radius 3 is 2.81 bits per heavy atom. The molecule has 162 valence electrons. The van der Waals surface area contributed by atoms with Gasteiger partial charge in [0.2, 0.25) is 0 Å². The van der Waals surface area contributed by atoms with E-state index in [-0.39, 0.29) is 24.3 Å². The minimum atomic E-state index is -0.242. The fourth-order valence-electron chi connectivity index (χ4n) is 3.98. The van der Waals surface area contributed by atoms with Gasteiger partial charge in [0.15, 0.2) is 5.65 Å². The number of fused-ring (bicyclic) bond motifs is 1. The first-order valence-electron chi connectivity index (χ1n) is 10.3. The average molecular weight is 442 g/mol. The molecule has 0 amide bonds. The van der Waals surface area contributed by atoms with E-state index in [1.54, 1.807) is 10.6 Å². The van der Waals surface area contributed by atoms with Gasteiger partial charge in [-0.25, -0.2) is 13.9 Å². The Morgan fingerprint density at radius 1 is 1.16 bits per heavy atom. The number of nitrogens with one attached hydrogen (secondary N) is 2. The van der Waals surface area contributed by atoms with Crippen molar-refractivity contribution in [2.45, 2.75) is 31.8 Å². The van der Waals surface area contributed by atoms with Gasteiger partial charge in [0.05, 0.1) is 24.5 Å². The SMILES string of the molecule is C[C@@H](Nc1ccn2ncc(-c3cnn(C4CCNCC4)c3)c2n1)c1cccc(F)c1.Cl. The van der Waals surface area contributed by atoms with Gasteiger partial charge in [0.25, 0.3) is 0 Å². The van der Waals surface area contributed by atoms with Crippen molar-refractivity contribution in [3.8, 4) is 11.1 Å². The zero-order valence-electron chi connectivity index (χ0n) is 17.2.